The number of rotatable bonds is 5. The van der Waals surface area contributed by atoms with E-state index < -0.39 is 0 Å². The summed E-state index contributed by atoms with van der Waals surface area (Å²) in [5.74, 6) is 2.15. The van der Waals surface area contributed by atoms with Crippen molar-refractivity contribution in [3.05, 3.63) is 42.2 Å². The van der Waals surface area contributed by atoms with Gasteiger partial charge in [0.15, 0.2) is 0 Å². The summed E-state index contributed by atoms with van der Waals surface area (Å²) in [6.07, 6.45) is 3.40. The summed E-state index contributed by atoms with van der Waals surface area (Å²) in [7, 11) is 3.22. The quantitative estimate of drug-likeness (QED) is 0.874. The number of ether oxygens (including phenoxy) is 2. The minimum atomic E-state index is 0.608. The first-order valence-corrected chi connectivity index (χ1v) is 5.54. The van der Waals surface area contributed by atoms with Crippen LogP contribution in [0, 0.1) is 0 Å². The number of nitrogens with zero attached hydrogens (tertiary/aromatic N) is 2. The minimum absolute atomic E-state index is 0.608. The molecule has 0 aliphatic rings. The molecule has 0 amide bonds. The lowest BCUT2D eigenvalue weighted by Gasteiger charge is -2.07. The van der Waals surface area contributed by atoms with Crippen LogP contribution in [-0.4, -0.2) is 24.2 Å². The van der Waals surface area contributed by atoms with E-state index in [0.29, 0.717) is 12.4 Å². The van der Waals surface area contributed by atoms with Gasteiger partial charge in [-0.15, -0.1) is 0 Å². The van der Waals surface area contributed by atoms with Crippen LogP contribution in [-0.2, 0) is 6.54 Å². The highest BCUT2D eigenvalue weighted by Crippen LogP contribution is 2.13. The summed E-state index contributed by atoms with van der Waals surface area (Å²) in [5, 5.41) is 3.21. The molecule has 2 aromatic rings. The average Bonchev–Trinajstić information content (AvgIpc) is 2.46. The normalized spacial score (nSPS) is 9.89. The van der Waals surface area contributed by atoms with Crippen molar-refractivity contribution in [3.63, 3.8) is 0 Å². The molecule has 1 N–H and O–H groups in total. The molecule has 5 heteroatoms. The van der Waals surface area contributed by atoms with Crippen LogP contribution in [0.1, 0.15) is 5.56 Å². The molecule has 0 fully saturated rings. The van der Waals surface area contributed by atoms with Crippen LogP contribution in [0.5, 0.6) is 11.6 Å². The standard InChI is InChI=1S/C13H15N3O2/c1-17-11-3-4-12(16-9-11)15-8-10-5-6-14-13(7-10)18-2/h3-7,9H,8H2,1-2H3,(H,15,16). The summed E-state index contributed by atoms with van der Waals surface area (Å²) >= 11 is 0. The van der Waals surface area contributed by atoms with E-state index >= 15 is 0 Å². The molecule has 0 spiro atoms. The van der Waals surface area contributed by atoms with E-state index in [1.807, 2.05) is 24.3 Å². The molecule has 0 atom stereocenters. The molecular weight excluding hydrogens is 230 g/mol. The van der Waals surface area contributed by atoms with Crippen LogP contribution >= 0.6 is 0 Å². The first-order chi connectivity index (χ1) is 8.81. The van der Waals surface area contributed by atoms with Crippen LogP contribution in [0.2, 0.25) is 0 Å². The van der Waals surface area contributed by atoms with Gasteiger partial charge in [-0.3, -0.25) is 0 Å². The maximum atomic E-state index is 5.07. The van der Waals surface area contributed by atoms with Gasteiger partial charge in [0.25, 0.3) is 0 Å². The van der Waals surface area contributed by atoms with E-state index in [1.165, 1.54) is 0 Å². The Balaban J connectivity index is 1.97. The van der Waals surface area contributed by atoms with Crippen LogP contribution in [0.15, 0.2) is 36.7 Å². The van der Waals surface area contributed by atoms with E-state index in [4.69, 9.17) is 9.47 Å². The number of hydrogen-bond acceptors (Lipinski definition) is 5. The molecule has 0 aromatic carbocycles. The summed E-state index contributed by atoms with van der Waals surface area (Å²) in [4.78, 5) is 8.28. The fraction of sp³-hybridized carbons (Fsp3) is 0.231. The molecule has 18 heavy (non-hydrogen) atoms. The van der Waals surface area contributed by atoms with Gasteiger partial charge in [-0.2, -0.15) is 0 Å². The Kier molecular flexibility index (Phi) is 3.96. The van der Waals surface area contributed by atoms with Gasteiger partial charge in [0.05, 0.1) is 20.4 Å². The van der Waals surface area contributed by atoms with E-state index in [2.05, 4.69) is 15.3 Å². The maximum absolute atomic E-state index is 5.07. The van der Waals surface area contributed by atoms with Gasteiger partial charge in [0.1, 0.15) is 11.6 Å². The molecule has 2 heterocycles. The molecule has 0 saturated carbocycles. The van der Waals surface area contributed by atoms with Crippen molar-refractivity contribution in [2.45, 2.75) is 6.54 Å². The van der Waals surface area contributed by atoms with Crippen molar-refractivity contribution in [1.29, 1.82) is 0 Å². The number of methoxy groups -OCH3 is 2. The van der Waals surface area contributed by atoms with Crippen molar-refractivity contribution < 1.29 is 9.47 Å². The van der Waals surface area contributed by atoms with E-state index in [-0.39, 0.29) is 0 Å². The first kappa shape index (κ1) is 12.2. The fourth-order valence-corrected chi connectivity index (χ4v) is 1.47. The van der Waals surface area contributed by atoms with Crippen molar-refractivity contribution in [2.24, 2.45) is 0 Å². The molecule has 2 rings (SSSR count). The van der Waals surface area contributed by atoms with Crippen LogP contribution in [0.25, 0.3) is 0 Å². The summed E-state index contributed by atoms with van der Waals surface area (Å²) < 4.78 is 10.1. The summed E-state index contributed by atoms with van der Waals surface area (Å²) in [5.41, 5.74) is 1.08. The largest absolute Gasteiger partial charge is 0.495 e. The Morgan fingerprint density at radius 2 is 2.00 bits per heavy atom. The smallest absolute Gasteiger partial charge is 0.213 e. The lowest BCUT2D eigenvalue weighted by Crippen LogP contribution is -2.02. The van der Waals surface area contributed by atoms with E-state index in [1.54, 1.807) is 26.6 Å². The van der Waals surface area contributed by atoms with Crippen molar-refractivity contribution in [1.82, 2.24) is 9.97 Å². The zero-order chi connectivity index (χ0) is 12.8. The van der Waals surface area contributed by atoms with Crippen molar-refractivity contribution in [3.8, 4) is 11.6 Å². The molecule has 0 radical (unpaired) electrons. The molecule has 94 valence electrons. The molecule has 0 aliphatic carbocycles. The van der Waals surface area contributed by atoms with Crippen LogP contribution < -0.4 is 14.8 Å². The second-order valence-corrected chi connectivity index (χ2v) is 3.64. The van der Waals surface area contributed by atoms with E-state index in [0.717, 1.165) is 17.1 Å². The third kappa shape index (κ3) is 3.10. The summed E-state index contributed by atoms with van der Waals surface area (Å²) in [6, 6.07) is 7.55. The highest BCUT2D eigenvalue weighted by atomic mass is 16.5. The van der Waals surface area contributed by atoms with Gasteiger partial charge in [-0.25, -0.2) is 9.97 Å². The van der Waals surface area contributed by atoms with Gasteiger partial charge in [-0.1, -0.05) is 0 Å². The second-order valence-electron chi connectivity index (χ2n) is 3.64. The molecular formula is C13H15N3O2. The SMILES string of the molecule is COc1ccc(NCc2ccnc(OC)c2)nc1. The zero-order valence-corrected chi connectivity index (χ0v) is 10.4. The van der Waals surface area contributed by atoms with Gasteiger partial charge in [-0.05, 0) is 23.8 Å². The number of pyridine rings is 2. The fourth-order valence-electron chi connectivity index (χ4n) is 1.47. The van der Waals surface area contributed by atoms with Crippen molar-refractivity contribution >= 4 is 5.82 Å². The number of aromatic nitrogens is 2. The Hall–Kier alpha value is -2.30. The average molecular weight is 245 g/mol. The third-order valence-corrected chi connectivity index (χ3v) is 2.45. The molecule has 0 aliphatic heterocycles. The number of nitrogens with one attached hydrogen (secondary N) is 1. The molecule has 0 unspecified atom stereocenters. The van der Waals surface area contributed by atoms with Gasteiger partial charge in [0, 0.05) is 18.8 Å². The van der Waals surface area contributed by atoms with Gasteiger partial charge >= 0.3 is 0 Å². The number of hydrogen-bond donors (Lipinski definition) is 1. The maximum Gasteiger partial charge on any atom is 0.213 e. The Labute approximate surface area is 106 Å². The first-order valence-electron chi connectivity index (χ1n) is 5.54. The predicted molar refractivity (Wildman–Crippen MR) is 68.9 cm³/mol. The van der Waals surface area contributed by atoms with Gasteiger partial charge in [0.2, 0.25) is 5.88 Å². The van der Waals surface area contributed by atoms with Crippen LogP contribution in [0.3, 0.4) is 0 Å². The van der Waals surface area contributed by atoms with E-state index in [9.17, 15) is 0 Å². The molecule has 0 bridgehead atoms. The Morgan fingerprint density at radius 3 is 2.67 bits per heavy atom. The van der Waals surface area contributed by atoms with Crippen molar-refractivity contribution in [2.75, 3.05) is 19.5 Å². The third-order valence-electron chi connectivity index (χ3n) is 2.45. The topological polar surface area (TPSA) is 56.3 Å². The Morgan fingerprint density at radius 1 is 1.11 bits per heavy atom. The predicted octanol–water partition coefficient (Wildman–Crippen LogP) is 2.11. The lowest BCUT2D eigenvalue weighted by atomic mass is 10.2. The summed E-state index contributed by atoms with van der Waals surface area (Å²) in [6.45, 7) is 0.665. The zero-order valence-electron chi connectivity index (χ0n) is 10.4. The highest BCUT2D eigenvalue weighted by Gasteiger charge is 1.98. The molecule has 2 aromatic heterocycles. The molecule has 5 nitrogen and oxygen atoms in total. The number of anilines is 1. The highest BCUT2D eigenvalue weighted by molar-refractivity contribution is 5.38. The van der Waals surface area contributed by atoms with Crippen LogP contribution in [0.4, 0.5) is 5.82 Å². The van der Waals surface area contributed by atoms with Gasteiger partial charge < -0.3 is 14.8 Å². The lowest BCUT2D eigenvalue weighted by molar-refractivity contribution is 0.397. The Bertz CT molecular complexity index is 500. The second kappa shape index (κ2) is 5.86. The monoisotopic (exact) mass is 245 g/mol. The minimum Gasteiger partial charge on any atom is -0.495 e. The molecule has 0 saturated heterocycles.